The van der Waals surface area contributed by atoms with Gasteiger partial charge in [-0.15, -0.1) is 0 Å². The van der Waals surface area contributed by atoms with Gasteiger partial charge in [0.25, 0.3) is 0 Å². The summed E-state index contributed by atoms with van der Waals surface area (Å²) in [5.74, 6) is -2.31. The van der Waals surface area contributed by atoms with Crippen LogP contribution in [0.5, 0.6) is 0 Å². The molecule has 0 aliphatic carbocycles. The van der Waals surface area contributed by atoms with Gasteiger partial charge in [-0.3, -0.25) is 9.59 Å². The molecule has 99 heavy (non-hydrogen) atoms. The number of carbonyl (C=O) groups excluding carboxylic acids is 3. The third-order valence-corrected chi connectivity index (χ3v) is 16.6. The molecule has 0 N–H and O–H groups in total. The van der Waals surface area contributed by atoms with Crippen LogP contribution in [0.3, 0.4) is 0 Å². The molecule has 0 aromatic heterocycles. The number of carbonyl (C=O) groups is 3. The second-order valence-electron chi connectivity index (χ2n) is 27.2. The van der Waals surface area contributed by atoms with Crippen LogP contribution in [0.25, 0.3) is 0 Å². The molecule has 0 bridgehead atoms. The number of carboxylic acid groups (broad SMARTS) is 1. The number of ether oxygens (including phenoxy) is 4. The normalized spacial score (nSPS) is 13.7. The molecule has 0 rings (SSSR count). The first-order valence-electron chi connectivity index (χ1n) is 39.9. The van der Waals surface area contributed by atoms with E-state index in [1.54, 1.807) is 0 Å². The van der Waals surface area contributed by atoms with Crippen molar-refractivity contribution in [2.24, 2.45) is 0 Å². The fourth-order valence-electron chi connectivity index (χ4n) is 10.7. The van der Waals surface area contributed by atoms with Gasteiger partial charge in [0, 0.05) is 12.8 Å². The summed E-state index contributed by atoms with van der Waals surface area (Å²) in [6, 6.07) is 0. The molecule has 2 atom stereocenters. The van der Waals surface area contributed by atoms with Crippen molar-refractivity contribution in [3.8, 4) is 0 Å². The summed E-state index contributed by atoms with van der Waals surface area (Å²) < 4.78 is 22.8. The quantitative estimate of drug-likeness (QED) is 0.0195. The summed E-state index contributed by atoms with van der Waals surface area (Å²) in [6.45, 7) is 4.51. The zero-order chi connectivity index (χ0) is 71.8. The van der Waals surface area contributed by atoms with Gasteiger partial charge in [-0.1, -0.05) is 344 Å². The Bertz CT molecular complexity index is 2290. The molecule has 0 aliphatic rings. The Labute approximate surface area is 609 Å². The second-order valence-corrected chi connectivity index (χ2v) is 27.2. The maximum atomic E-state index is 13.0. The van der Waals surface area contributed by atoms with E-state index in [1.165, 1.54) is 128 Å². The number of carboxylic acids is 1. The van der Waals surface area contributed by atoms with Crippen molar-refractivity contribution in [2.75, 3.05) is 47.5 Å². The van der Waals surface area contributed by atoms with Crippen LogP contribution in [-0.4, -0.2) is 82.3 Å². The molecule has 9 nitrogen and oxygen atoms in total. The smallest absolute Gasteiger partial charge is 0.306 e. The van der Waals surface area contributed by atoms with Crippen LogP contribution >= 0.6 is 0 Å². The molecule has 0 spiro atoms. The minimum absolute atomic E-state index is 0.136. The Morgan fingerprint density at radius 1 is 0.303 bits per heavy atom. The maximum Gasteiger partial charge on any atom is 0.306 e. The Balaban J connectivity index is 4.13. The zero-order valence-electron chi connectivity index (χ0n) is 64.0. The molecule has 0 saturated heterocycles. The summed E-state index contributed by atoms with van der Waals surface area (Å²) >= 11 is 0. The van der Waals surface area contributed by atoms with Gasteiger partial charge in [-0.05, 0) is 135 Å². The summed E-state index contributed by atoms with van der Waals surface area (Å²) in [4.78, 5) is 37.6. The van der Waals surface area contributed by atoms with Crippen molar-refractivity contribution in [3.05, 3.63) is 182 Å². The number of quaternary nitrogens is 1. The number of aliphatic carboxylic acids is 1. The maximum absolute atomic E-state index is 13.0. The predicted octanol–water partition coefficient (Wildman–Crippen LogP) is 24.6. The fraction of sp³-hybridized carbons (Fsp3) is 0.633. The van der Waals surface area contributed by atoms with Gasteiger partial charge in [0.2, 0.25) is 0 Å². The highest BCUT2D eigenvalue weighted by molar-refractivity contribution is 5.70. The Morgan fingerprint density at radius 2 is 0.545 bits per heavy atom. The number of likely N-dealkylation sites (N-methyl/N-ethyl adjacent to an activating group) is 1. The molecule has 2 unspecified atom stereocenters. The molecule has 0 saturated carbocycles. The second kappa shape index (κ2) is 78.1. The van der Waals surface area contributed by atoms with E-state index < -0.39 is 24.3 Å². The molecule has 0 aromatic rings. The van der Waals surface area contributed by atoms with E-state index in [4.69, 9.17) is 18.9 Å². The van der Waals surface area contributed by atoms with E-state index in [9.17, 15) is 19.5 Å². The van der Waals surface area contributed by atoms with Gasteiger partial charge in [0.05, 0.1) is 40.3 Å². The van der Waals surface area contributed by atoms with E-state index in [2.05, 4.69) is 196 Å². The van der Waals surface area contributed by atoms with Crippen LogP contribution in [0.1, 0.15) is 309 Å². The van der Waals surface area contributed by atoms with Crippen molar-refractivity contribution in [1.82, 2.24) is 0 Å². The average Bonchev–Trinajstić information content (AvgIpc) is 1.14. The number of unbranched alkanes of at least 4 members (excludes halogenated alkanes) is 27. The number of esters is 2. The number of nitrogens with zero attached hydrogens (tertiary/aromatic N) is 1. The highest BCUT2D eigenvalue weighted by Crippen LogP contribution is 2.17. The lowest BCUT2D eigenvalue weighted by Gasteiger charge is -2.26. The minimum atomic E-state index is -1.64. The fourth-order valence-corrected chi connectivity index (χ4v) is 10.7. The van der Waals surface area contributed by atoms with Crippen molar-refractivity contribution in [1.29, 1.82) is 0 Å². The Hall–Kier alpha value is -5.61. The standard InChI is InChI=1S/C90H147NO8/c1-6-8-10-12-14-16-18-20-22-24-26-28-30-32-34-36-38-40-42-43-44-45-47-49-51-53-55-57-59-61-63-65-67-69-71-73-75-77-79-81-88(93)99-86(85-98-90(89(94)95)96-83-82-91(3,4)5)84-97-87(92)80-78-76-74-72-70-68-66-64-62-60-58-56-54-52-50-48-46-41-39-37-35-33-31-29-27-25-23-21-19-17-15-13-11-9-7-2/h8-11,14-17,20-23,26-29,32,34,38,40,43-44,47,49,53,55,59,61,65,67,86,90H,6-7,12-13,18-19,24-25,30-31,33,35-37,39,41-42,45-46,48,50-52,54,56-58,60,62-64,66,68-85H2,1-5H3/b10-8-,11-9-,16-14-,17-15-,22-20-,23-21-,28-26-,29-27-,34-32-,40-38-,44-43-,49-47-,55-53-,61-59-,67-65-. The molecule has 0 aliphatic heterocycles. The van der Waals surface area contributed by atoms with Crippen LogP contribution in [0.15, 0.2) is 182 Å². The van der Waals surface area contributed by atoms with E-state index in [0.29, 0.717) is 17.4 Å². The van der Waals surface area contributed by atoms with Crippen molar-refractivity contribution < 1.29 is 42.9 Å². The summed E-state index contributed by atoms with van der Waals surface area (Å²) in [7, 11) is 5.92. The first-order valence-corrected chi connectivity index (χ1v) is 39.9. The Morgan fingerprint density at radius 3 is 0.808 bits per heavy atom. The van der Waals surface area contributed by atoms with Gasteiger partial charge in [0.1, 0.15) is 13.2 Å². The molecule has 0 amide bonds. The lowest BCUT2D eigenvalue weighted by Crippen LogP contribution is -2.44. The molecule has 0 aromatic carbocycles. The predicted molar refractivity (Wildman–Crippen MR) is 425 cm³/mol. The molecule has 560 valence electrons. The number of hydrogen-bond donors (Lipinski definition) is 0. The van der Waals surface area contributed by atoms with Crippen LogP contribution in [0.2, 0.25) is 0 Å². The topological polar surface area (TPSA) is 111 Å². The Kier molecular flexibility index (Phi) is 73.7. The van der Waals surface area contributed by atoms with Crippen LogP contribution in [0, 0.1) is 0 Å². The van der Waals surface area contributed by atoms with E-state index in [0.717, 1.165) is 148 Å². The first-order chi connectivity index (χ1) is 48.6. The van der Waals surface area contributed by atoms with Crippen LogP contribution < -0.4 is 5.11 Å². The SMILES string of the molecule is CC/C=C\C/C=C\C/C=C\C/C=C\C/C=C\C/C=C\C/C=C\C/C=C\C/C=C\C/C=C\C/C=C\CCCCCCCC(=O)OC(COC(=O)CCCCCCCCCCCCCCCCCCCCCCCC/C=C\C/C=C\C/C=C\C/C=C\CC)COC(OCC[N+](C)(C)C)C(=O)[O-]. The summed E-state index contributed by atoms with van der Waals surface area (Å²) in [6.07, 6.45) is 116. The highest BCUT2D eigenvalue weighted by atomic mass is 16.7. The van der Waals surface area contributed by atoms with Gasteiger partial charge in [-0.25, -0.2) is 0 Å². The van der Waals surface area contributed by atoms with Crippen molar-refractivity contribution >= 4 is 17.9 Å². The van der Waals surface area contributed by atoms with Gasteiger partial charge in [-0.2, -0.15) is 0 Å². The average molecular weight is 1370 g/mol. The van der Waals surface area contributed by atoms with Crippen LogP contribution in [0.4, 0.5) is 0 Å². The van der Waals surface area contributed by atoms with E-state index in [1.807, 2.05) is 21.1 Å². The molecule has 9 heteroatoms. The van der Waals surface area contributed by atoms with Crippen molar-refractivity contribution in [2.45, 2.75) is 322 Å². The molecule has 0 radical (unpaired) electrons. The largest absolute Gasteiger partial charge is 0.545 e. The van der Waals surface area contributed by atoms with Crippen LogP contribution in [-0.2, 0) is 33.3 Å². The monoisotopic (exact) mass is 1370 g/mol. The van der Waals surface area contributed by atoms with Gasteiger partial charge in [0.15, 0.2) is 12.4 Å². The molecule has 0 heterocycles. The third kappa shape index (κ3) is 79.6. The number of hydrogen-bond acceptors (Lipinski definition) is 8. The highest BCUT2D eigenvalue weighted by Gasteiger charge is 2.22. The minimum Gasteiger partial charge on any atom is -0.545 e. The number of rotatable bonds is 72. The van der Waals surface area contributed by atoms with Gasteiger partial charge < -0.3 is 33.3 Å². The van der Waals surface area contributed by atoms with E-state index in [-0.39, 0.29) is 38.6 Å². The zero-order valence-corrected chi connectivity index (χ0v) is 64.0. The lowest BCUT2D eigenvalue weighted by molar-refractivity contribution is -0.870. The molecular formula is C90H147NO8. The first kappa shape index (κ1) is 93.4. The summed E-state index contributed by atoms with van der Waals surface area (Å²) in [5.41, 5.74) is 0. The van der Waals surface area contributed by atoms with Crippen molar-refractivity contribution in [3.63, 3.8) is 0 Å². The molecule has 0 fully saturated rings. The summed E-state index contributed by atoms with van der Waals surface area (Å²) in [5, 5.41) is 11.9. The number of allylic oxidation sites excluding steroid dienone is 30. The van der Waals surface area contributed by atoms with E-state index >= 15 is 0 Å². The lowest BCUT2D eigenvalue weighted by atomic mass is 10.0. The molecular weight excluding hydrogens is 1220 g/mol. The van der Waals surface area contributed by atoms with Gasteiger partial charge >= 0.3 is 11.9 Å². The third-order valence-electron chi connectivity index (χ3n) is 16.6.